The van der Waals surface area contributed by atoms with Crippen molar-refractivity contribution in [1.82, 2.24) is 4.98 Å². The first kappa shape index (κ1) is 19.2. The van der Waals surface area contributed by atoms with Gasteiger partial charge in [0, 0.05) is 10.9 Å². The zero-order valence-electron chi connectivity index (χ0n) is 16.6. The molecule has 0 unspecified atom stereocenters. The van der Waals surface area contributed by atoms with Crippen molar-refractivity contribution >= 4 is 34.1 Å². The highest BCUT2D eigenvalue weighted by Gasteiger charge is 2.20. The standard InChI is InChI=1S/C25H21ClN2O/c1-15-13-16(2)23-19(14-15)22(25(29)27-21-12-8-7-11-20(21)26)17(3)24(28-23)18-9-5-4-6-10-18/h4-14H,1-3H3,(H,27,29). The van der Waals surface area contributed by atoms with E-state index in [0.29, 0.717) is 16.3 Å². The van der Waals surface area contributed by atoms with E-state index in [4.69, 9.17) is 16.6 Å². The minimum absolute atomic E-state index is 0.190. The smallest absolute Gasteiger partial charge is 0.256 e. The SMILES string of the molecule is Cc1cc(C)c2nc(-c3ccccc3)c(C)c(C(=O)Nc3ccccc3Cl)c2c1. The van der Waals surface area contributed by atoms with Gasteiger partial charge < -0.3 is 5.32 Å². The quantitative estimate of drug-likeness (QED) is 0.414. The number of nitrogens with zero attached hydrogens (tertiary/aromatic N) is 1. The van der Waals surface area contributed by atoms with Crippen molar-refractivity contribution in [3.8, 4) is 11.3 Å². The highest BCUT2D eigenvalue weighted by atomic mass is 35.5. The van der Waals surface area contributed by atoms with Gasteiger partial charge in [0.25, 0.3) is 5.91 Å². The molecular weight excluding hydrogens is 380 g/mol. The molecule has 0 saturated heterocycles. The van der Waals surface area contributed by atoms with Crippen LogP contribution < -0.4 is 5.32 Å². The summed E-state index contributed by atoms with van der Waals surface area (Å²) in [5, 5.41) is 4.34. The van der Waals surface area contributed by atoms with Gasteiger partial charge in [-0.2, -0.15) is 0 Å². The molecule has 29 heavy (non-hydrogen) atoms. The van der Waals surface area contributed by atoms with Gasteiger partial charge in [-0.25, -0.2) is 4.98 Å². The Morgan fingerprint density at radius 3 is 2.34 bits per heavy atom. The molecule has 0 fully saturated rings. The summed E-state index contributed by atoms with van der Waals surface area (Å²) < 4.78 is 0. The third-order valence-corrected chi connectivity index (χ3v) is 5.39. The molecule has 1 N–H and O–H groups in total. The molecule has 0 aliphatic carbocycles. The Bertz CT molecular complexity index is 1230. The lowest BCUT2D eigenvalue weighted by molar-refractivity contribution is 0.102. The van der Waals surface area contributed by atoms with Gasteiger partial charge in [-0.05, 0) is 50.1 Å². The second-order valence-corrected chi connectivity index (χ2v) is 7.65. The first-order chi connectivity index (χ1) is 14.0. The molecule has 0 bridgehead atoms. The number of anilines is 1. The van der Waals surface area contributed by atoms with Gasteiger partial charge >= 0.3 is 0 Å². The van der Waals surface area contributed by atoms with E-state index in [2.05, 4.69) is 11.4 Å². The van der Waals surface area contributed by atoms with Crippen molar-refractivity contribution in [1.29, 1.82) is 0 Å². The summed E-state index contributed by atoms with van der Waals surface area (Å²) in [6, 6.07) is 21.3. The van der Waals surface area contributed by atoms with Crippen molar-refractivity contribution in [2.24, 2.45) is 0 Å². The molecule has 0 aliphatic rings. The lowest BCUT2D eigenvalue weighted by Gasteiger charge is -2.17. The van der Waals surface area contributed by atoms with Crippen molar-refractivity contribution in [3.63, 3.8) is 0 Å². The Morgan fingerprint density at radius 1 is 0.931 bits per heavy atom. The third-order valence-electron chi connectivity index (χ3n) is 5.06. The molecule has 1 aromatic heterocycles. The molecule has 0 radical (unpaired) electrons. The number of carbonyl (C=O) groups is 1. The molecule has 144 valence electrons. The molecule has 4 rings (SSSR count). The van der Waals surface area contributed by atoms with Crippen LogP contribution in [0.1, 0.15) is 27.0 Å². The van der Waals surface area contributed by atoms with Gasteiger partial charge in [0.15, 0.2) is 0 Å². The summed E-state index contributed by atoms with van der Waals surface area (Å²) in [4.78, 5) is 18.4. The van der Waals surface area contributed by atoms with Crippen molar-refractivity contribution in [2.45, 2.75) is 20.8 Å². The van der Waals surface area contributed by atoms with Crippen LogP contribution in [0.3, 0.4) is 0 Å². The lowest BCUT2D eigenvalue weighted by atomic mass is 9.94. The minimum Gasteiger partial charge on any atom is -0.321 e. The fraction of sp³-hybridized carbons (Fsp3) is 0.120. The highest BCUT2D eigenvalue weighted by Crippen LogP contribution is 2.33. The number of carbonyl (C=O) groups excluding carboxylic acids is 1. The van der Waals surface area contributed by atoms with Gasteiger partial charge in [-0.15, -0.1) is 0 Å². The summed E-state index contributed by atoms with van der Waals surface area (Å²) in [5.41, 5.74) is 6.84. The van der Waals surface area contributed by atoms with Crippen LogP contribution in [0.4, 0.5) is 5.69 Å². The molecule has 0 atom stereocenters. The molecule has 0 aliphatic heterocycles. The van der Waals surface area contributed by atoms with E-state index in [0.717, 1.165) is 38.9 Å². The number of nitrogens with one attached hydrogen (secondary N) is 1. The number of hydrogen-bond donors (Lipinski definition) is 1. The maximum atomic E-state index is 13.4. The van der Waals surface area contributed by atoms with Crippen LogP contribution in [0.5, 0.6) is 0 Å². The molecule has 1 amide bonds. The first-order valence-corrected chi connectivity index (χ1v) is 9.86. The number of pyridine rings is 1. The number of rotatable bonds is 3. The Morgan fingerprint density at radius 2 is 1.62 bits per heavy atom. The van der Waals surface area contributed by atoms with Crippen LogP contribution in [0.2, 0.25) is 5.02 Å². The number of aryl methyl sites for hydroxylation is 2. The molecule has 4 heteroatoms. The third kappa shape index (κ3) is 3.62. The number of fused-ring (bicyclic) bond motifs is 1. The molecule has 3 aromatic carbocycles. The van der Waals surface area contributed by atoms with Gasteiger partial charge in [-0.3, -0.25) is 4.79 Å². The Kier molecular flexibility index (Phi) is 5.08. The summed E-state index contributed by atoms with van der Waals surface area (Å²) in [6.45, 7) is 6.01. The average molecular weight is 401 g/mol. The summed E-state index contributed by atoms with van der Waals surface area (Å²) in [6.07, 6.45) is 0. The fourth-order valence-corrected chi connectivity index (χ4v) is 3.92. The highest BCUT2D eigenvalue weighted by molar-refractivity contribution is 6.34. The summed E-state index contributed by atoms with van der Waals surface area (Å²) >= 11 is 6.26. The van der Waals surface area contributed by atoms with Gasteiger partial charge in [0.1, 0.15) is 0 Å². The zero-order valence-corrected chi connectivity index (χ0v) is 17.3. The van der Waals surface area contributed by atoms with Crippen molar-refractivity contribution < 1.29 is 4.79 Å². The Labute approximate surface area is 175 Å². The second kappa shape index (κ2) is 7.69. The summed E-state index contributed by atoms with van der Waals surface area (Å²) in [7, 11) is 0. The van der Waals surface area contributed by atoms with Gasteiger partial charge in [0.2, 0.25) is 0 Å². The van der Waals surface area contributed by atoms with Crippen LogP contribution in [0.25, 0.3) is 22.2 Å². The molecule has 0 spiro atoms. The van der Waals surface area contributed by atoms with Gasteiger partial charge in [0.05, 0.1) is 27.5 Å². The Hall–Kier alpha value is -3.17. The van der Waals surface area contributed by atoms with E-state index in [1.807, 2.05) is 69.3 Å². The van der Waals surface area contributed by atoms with Crippen molar-refractivity contribution in [3.05, 3.63) is 94.0 Å². The van der Waals surface area contributed by atoms with Gasteiger partial charge in [-0.1, -0.05) is 65.7 Å². The van der Waals surface area contributed by atoms with Crippen LogP contribution >= 0.6 is 11.6 Å². The maximum absolute atomic E-state index is 13.4. The van der Waals surface area contributed by atoms with Crippen LogP contribution in [-0.2, 0) is 0 Å². The van der Waals surface area contributed by atoms with E-state index in [-0.39, 0.29) is 5.91 Å². The topological polar surface area (TPSA) is 42.0 Å². The second-order valence-electron chi connectivity index (χ2n) is 7.24. The predicted octanol–water partition coefficient (Wildman–Crippen LogP) is 6.73. The Balaban J connectivity index is 1.97. The molecular formula is C25H21ClN2O. The van der Waals surface area contributed by atoms with E-state index < -0.39 is 0 Å². The van der Waals surface area contributed by atoms with Crippen molar-refractivity contribution in [2.75, 3.05) is 5.32 Å². The number of benzene rings is 3. The monoisotopic (exact) mass is 400 g/mol. The largest absolute Gasteiger partial charge is 0.321 e. The number of amides is 1. The molecule has 0 saturated carbocycles. The van der Waals surface area contributed by atoms with E-state index >= 15 is 0 Å². The van der Waals surface area contributed by atoms with Crippen LogP contribution in [-0.4, -0.2) is 10.9 Å². The molecule has 3 nitrogen and oxygen atoms in total. The van der Waals surface area contributed by atoms with E-state index in [9.17, 15) is 4.79 Å². The number of para-hydroxylation sites is 1. The lowest BCUT2D eigenvalue weighted by Crippen LogP contribution is -2.16. The first-order valence-electron chi connectivity index (χ1n) is 9.48. The maximum Gasteiger partial charge on any atom is 0.256 e. The molecule has 1 heterocycles. The molecule has 4 aromatic rings. The fourth-order valence-electron chi connectivity index (χ4n) is 3.73. The average Bonchev–Trinajstić information content (AvgIpc) is 2.70. The predicted molar refractivity (Wildman–Crippen MR) is 121 cm³/mol. The van der Waals surface area contributed by atoms with E-state index in [1.54, 1.807) is 12.1 Å². The minimum atomic E-state index is -0.190. The normalized spacial score (nSPS) is 10.9. The number of aromatic nitrogens is 1. The summed E-state index contributed by atoms with van der Waals surface area (Å²) in [5.74, 6) is -0.190. The van der Waals surface area contributed by atoms with Crippen LogP contribution in [0.15, 0.2) is 66.7 Å². The number of halogens is 1. The van der Waals surface area contributed by atoms with E-state index in [1.165, 1.54) is 0 Å². The number of hydrogen-bond acceptors (Lipinski definition) is 2. The van der Waals surface area contributed by atoms with Crippen LogP contribution in [0, 0.1) is 20.8 Å². The zero-order chi connectivity index (χ0) is 20.5.